The summed E-state index contributed by atoms with van der Waals surface area (Å²) in [5, 5.41) is 0. The van der Waals surface area contributed by atoms with Gasteiger partial charge in [-0.3, -0.25) is 9.59 Å². The minimum atomic E-state index is -0.650. The molecule has 0 saturated carbocycles. The monoisotopic (exact) mass is 330 g/mol. The van der Waals surface area contributed by atoms with Crippen LogP contribution in [0, 0.1) is 5.82 Å². The zero-order chi connectivity index (χ0) is 14.6. The standard InChI is InChI=1S/C13H16BrFN2O2/c1-8(13(16)19)17(2)12(18)6-3-9-7-10(15)4-5-11(9)14/h4-5,7-8H,3,6H2,1-2H3,(H2,16,19)/t8-/m1/s1. The minimum absolute atomic E-state index is 0.191. The first-order valence-corrected chi connectivity index (χ1v) is 6.61. The van der Waals surface area contributed by atoms with Gasteiger partial charge in [-0.25, -0.2) is 4.39 Å². The Kier molecular flexibility index (Phi) is 5.47. The first kappa shape index (κ1) is 15.6. The summed E-state index contributed by atoms with van der Waals surface area (Å²) in [7, 11) is 1.53. The van der Waals surface area contributed by atoms with Crippen molar-refractivity contribution in [1.82, 2.24) is 4.90 Å². The molecule has 0 aliphatic rings. The molecule has 0 radical (unpaired) electrons. The molecule has 1 rings (SSSR count). The predicted molar refractivity (Wildman–Crippen MR) is 73.8 cm³/mol. The number of aryl methyl sites for hydroxylation is 1. The number of primary amides is 1. The lowest BCUT2D eigenvalue weighted by atomic mass is 10.1. The number of carbonyl (C=O) groups is 2. The fourth-order valence-electron chi connectivity index (χ4n) is 1.56. The molecule has 0 aromatic heterocycles. The van der Waals surface area contributed by atoms with E-state index in [-0.39, 0.29) is 18.1 Å². The van der Waals surface area contributed by atoms with Crippen LogP contribution < -0.4 is 5.73 Å². The molecular formula is C13H16BrFN2O2. The fourth-order valence-corrected chi connectivity index (χ4v) is 2.00. The Labute approximate surface area is 119 Å². The number of halogens is 2. The molecule has 0 saturated heterocycles. The van der Waals surface area contributed by atoms with Gasteiger partial charge in [0.15, 0.2) is 0 Å². The summed E-state index contributed by atoms with van der Waals surface area (Å²) >= 11 is 3.30. The number of rotatable bonds is 5. The Balaban J connectivity index is 2.64. The van der Waals surface area contributed by atoms with Crippen molar-refractivity contribution < 1.29 is 14.0 Å². The van der Waals surface area contributed by atoms with Crippen LogP contribution in [0.5, 0.6) is 0 Å². The van der Waals surface area contributed by atoms with E-state index in [0.717, 1.165) is 4.47 Å². The number of benzene rings is 1. The van der Waals surface area contributed by atoms with Crippen LogP contribution in [0.3, 0.4) is 0 Å². The smallest absolute Gasteiger partial charge is 0.239 e. The van der Waals surface area contributed by atoms with E-state index in [1.165, 1.54) is 24.1 Å². The SMILES string of the molecule is C[C@H](C(N)=O)N(C)C(=O)CCc1cc(F)ccc1Br. The normalized spacial score (nSPS) is 12.0. The summed E-state index contributed by atoms with van der Waals surface area (Å²) in [5.41, 5.74) is 5.85. The average molecular weight is 331 g/mol. The molecule has 4 nitrogen and oxygen atoms in total. The quantitative estimate of drug-likeness (QED) is 0.895. The van der Waals surface area contributed by atoms with Crippen molar-refractivity contribution in [2.24, 2.45) is 5.73 Å². The second-order valence-electron chi connectivity index (χ2n) is 4.32. The topological polar surface area (TPSA) is 63.4 Å². The van der Waals surface area contributed by atoms with Gasteiger partial charge in [-0.1, -0.05) is 15.9 Å². The van der Waals surface area contributed by atoms with E-state index in [4.69, 9.17) is 5.73 Å². The lowest BCUT2D eigenvalue weighted by molar-refractivity contribution is -0.137. The van der Waals surface area contributed by atoms with Gasteiger partial charge in [-0.15, -0.1) is 0 Å². The molecular weight excluding hydrogens is 315 g/mol. The van der Waals surface area contributed by atoms with Gasteiger partial charge in [-0.2, -0.15) is 0 Å². The van der Waals surface area contributed by atoms with E-state index in [1.807, 2.05) is 0 Å². The Morgan fingerprint density at radius 3 is 2.68 bits per heavy atom. The Morgan fingerprint density at radius 2 is 2.11 bits per heavy atom. The second-order valence-corrected chi connectivity index (χ2v) is 5.17. The van der Waals surface area contributed by atoms with Gasteiger partial charge in [0.05, 0.1) is 0 Å². The van der Waals surface area contributed by atoms with Crippen LogP contribution in [0.25, 0.3) is 0 Å². The van der Waals surface area contributed by atoms with Crippen LogP contribution in [-0.2, 0) is 16.0 Å². The number of carbonyl (C=O) groups excluding carboxylic acids is 2. The summed E-state index contributed by atoms with van der Waals surface area (Å²) in [6.07, 6.45) is 0.586. The third-order valence-electron chi connectivity index (χ3n) is 3.00. The molecule has 0 aliphatic carbocycles. The van der Waals surface area contributed by atoms with E-state index in [1.54, 1.807) is 13.0 Å². The second kappa shape index (κ2) is 6.65. The van der Waals surface area contributed by atoms with E-state index in [9.17, 15) is 14.0 Å². The van der Waals surface area contributed by atoms with Crippen LogP contribution in [0.1, 0.15) is 18.9 Å². The number of hydrogen-bond acceptors (Lipinski definition) is 2. The molecule has 0 unspecified atom stereocenters. The van der Waals surface area contributed by atoms with Crippen molar-refractivity contribution in [2.75, 3.05) is 7.05 Å². The minimum Gasteiger partial charge on any atom is -0.368 e. The largest absolute Gasteiger partial charge is 0.368 e. The highest BCUT2D eigenvalue weighted by Gasteiger charge is 2.19. The average Bonchev–Trinajstić information content (AvgIpc) is 2.37. The summed E-state index contributed by atoms with van der Waals surface area (Å²) < 4.78 is 13.8. The molecule has 1 aromatic rings. The number of nitrogens with zero attached hydrogens (tertiary/aromatic N) is 1. The first-order chi connectivity index (χ1) is 8.82. The van der Waals surface area contributed by atoms with Crippen molar-refractivity contribution >= 4 is 27.7 Å². The molecule has 2 amide bonds. The van der Waals surface area contributed by atoms with Gasteiger partial charge in [0, 0.05) is 17.9 Å². The highest BCUT2D eigenvalue weighted by Crippen LogP contribution is 2.19. The highest BCUT2D eigenvalue weighted by atomic mass is 79.9. The molecule has 6 heteroatoms. The van der Waals surface area contributed by atoms with Crippen LogP contribution in [0.2, 0.25) is 0 Å². The lowest BCUT2D eigenvalue weighted by Crippen LogP contribution is -2.43. The first-order valence-electron chi connectivity index (χ1n) is 5.82. The van der Waals surface area contributed by atoms with E-state index >= 15 is 0 Å². The fraction of sp³-hybridized carbons (Fsp3) is 0.385. The molecule has 104 valence electrons. The molecule has 0 fully saturated rings. The molecule has 0 spiro atoms. The molecule has 0 bridgehead atoms. The third kappa shape index (κ3) is 4.31. The molecule has 0 aliphatic heterocycles. The number of amides is 2. The van der Waals surface area contributed by atoms with Gasteiger partial charge in [0.2, 0.25) is 11.8 Å². The predicted octanol–water partition coefficient (Wildman–Crippen LogP) is 1.85. The Hall–Kier alpha value is -1.43. The van der Waals surface area contributed by atoms with Gasteiger partial charge >= 0.3 is 0 Å². The molecule has 19 heavy (non-hydrogen) atoms. The Bertz CT molecular complexity index is 494. The summed E-state index contributed by atoms with van der Waals surface area (Å²) in [6.45, 7) is 1.57. The number of likely N-dealkylation sites (N-methyl/N-ethyl adjacent to an activating group) is 1. The third-order valence-corrected chi connectivity index (χ3v) is 3.78. The van der Waals surface area contributed by atoms with Gasteiger partial charge in [0.1, 0.15) is 11.9 Å². The van der Waals surface area contributed by atoms with Crippen molar-refractivity contribution in [3.05, 3.63) is 34.1 Å². The maximum absolute atomic E-state index is 13.1. The molecule has 0 heterocycles. The van der Waals surface area contributed by atoms with Crippen LogP contribution >= 0.6 is 15.9 Å². The van der Waals surface area contributed by atoms with Crippen LogP contribution in [-0.4, -0.2) is 29.8 Å². The zero-order valence-corrected chi connectivity index (χ0v) is 12.4. The maximum atomic E-state index is 13.1. The van der Waals surface area contributed by atoms with Crippen molar-refractivity contribution in [2.45, 2.75) is 25.8 Å². The van der Waals surface area contributed by atoms with E-state index < -0.39 is 11.9 Å². The van der Waals surface area contributed by atoms with Gasteiger partial charge in [0.25, 0.3) is 0 Å². The zero-order valence-electron chi connectivity index (χ0n) is 10.8. The van der Waals surface area contributed by atoms with Crippen molar-refractivity contribution in [3.8, 4) is 0 Å². The number of hydrogen-bond donors (Lipinski definition) is 1. The lowest BCUT2D eigenvalue weighted by Gasteiger charge is -2.22. The molecule has 1 atom stereocenters. The van der Waals surface area contributed by atoms with E-state index in [2.05, 4.69) is 15.9 Å². The van der Waals surface area contributed by atoms with Gasteiger partial charge < -0.3 is 10.6 Å². The summed E-state index contributed by atoms with van der Waals surface area (Å²) in [4.78, 5) is 24.2. The highest BCUT2D eigenvalue weighted by molar-refractivity contribution is 9.10. The summed E-state index contributed by atoms with van der Waals surface area (Å²) in [5.74, 6) is -1.10. The van der Waals surface area contributed by atoms with E-state index in [0.29, 0.717) is 12.0 Å². The van der Waals surface area contributed by atoms with Crippen molar-refractivity contribution in [1.29, 1.82) is 0 Å². The van der Waals surface area contributed by atoms with Gasteiger partial charge in [-0.05, 0) is 37.1 Å². The van der Waals surface area contributed by atoms with Crippen LogP contribution in [0.15, 0.2) is 22.7 Å². The molecule has 2 N–H and O–H groups in total. The maximum Gasteiger partial charge on any atom is 0.239 e. The Morgan fingerprint density at radius 1 is 1.47 bits per heavy atom. The molecule has 1 aromatic carbocycles. The van der Waals surface area contributed by atoms with Crippen LogP contribution in [0.4, 0.5) is 4.39 Å². The summed E-state index contributed by atoms with van der Waals surface area (Å²) in [6, 6.07) is 3.68. The van der Waals surface area contributed by atoms with Crippen molar-refractivity contribution in [3.63, 3.8) is 0 Å². The number of nitrogens with two attached hydrogens (primary N) is 1.